The van der Waals surface area contributed by atoms with Crippen molar-refractivity contribution in [3.05, 3.63) is 54.0 Å². The molecule has 0 aliphatic carbocycles. The smallest absolute Gasteiger partial charge is 0.257 e. The average Bonchev–Trinajstić information content (AvgIpc) is 2.91. The van der Waals surface area contributed by atoms with Crippen LogP contribution in [0.25, 0.3) is 0 Å². The van der Waals surface area contributed by atoms with Crippen molar-refractivity contribution in [2.45, 2.75) is 26.4 Å². The zero-order valence-electron chi connectivity index (χ0n) is 11.2. The summed E-state index contributed by atoms with van der Waals surface area (Å²) in [6.45, 7) is 4.55. The van der Waals surface area contributed by atoms with Crippen LogP contribution in [0.3, 0.4) is 0 Å². The minimum Gasteiger partial charge on any atom is -0.472 e. The molecular formula is C15H18N2O2. The van der Waals surface area contributed by atoms with E-state index in [1.807, 2.05) is 38.1 Å². The highest BCUT2D eigenvalue weighted by Crippen LogP contribution is 2.14. The summed E-state index contributed by atoms with van der Waals surface area (Å²) in [5.41, 5.74) is 8.01. The van der Waals surface area contributed by atoms with Gasteiger partial charge in [-0.1, -0.05) is 12.1 Å². The first kappa shape index (κ1) is 13.2. The number of nitrogens with zero attached hydrogens (tertiary/aromatic N) is 1. The number of nitrogens with two attached hydrogens (primary N) is 1. The van der Waals surface area contributed by atoms with E-state index in [9.17, 15) is 4.79 Å². The van der Waals surface area contributed by atoms with Gasteiger partial charge in [0.2, 0.25) is 0 Å². The van der Waals surface area contributed by atoms with Gasteiger partial charge in [0.05, 0.1) is 11.8 Å². The zero-order chi connectivity index (χ0) is 13.8. The van der Waals surface area contributed by atoms with Gasteiger partial charge in [-0.2, -0.15) is 0 Å². The lowest BCUT2D eigenvalue weighted by Crippen LogP contribution is -2.36. The van der Waals surface area contributed by atoms with E-state index in [-0.39, 0.29) is 11.9 Å². The maximum Gasteiger partial charge on any atom is 0.257 e. The number of rotatable bonds is 4. The molecule has 0 radical (unpaired) electrons. The number of carbonyl (C=O) groups is 1. The Kier molecular flexibility index (Phi) is 3.90. The monoisotopic (exact) mass is 258 g/mol. The third-order valence-corrected chi connectivity index (χ3v) is 2.98. The molecule has 2 N–H and O–H groups in total. The molecule has 1 heterocycles. The van der Waals surface area contributed by atoms with Crippen LogP contribution in [0.1, 0.15) is 29.8 Å². The van der Waals surface area contributed by atoms with Crippen molar-refractivity contribution in [2.75, 3.05) is 5.73 Å². The van der Waals surface area contributed by atoms with Gasteiger partial charge in [-0.15, -0.1) is 0 Å². The second-order valence-corrected chi connectivity index (χ2v) is 4.78. The van der Waals surface area contributed by atoms with Gasteiger partial charge in [0.15, 0.2) is 0 Å². The Bertz CT molecular complexity index is 530. The molecule has 100 valence electrons. The predicted molar refractivity (Wildman–Crippen MR) is 74.6 cm³/mol. The van der Waals surface area contributed by atoms with Gasteiger partial charge >= 0.3 is 0 Å². The number of furan rings is 1. The highest BCUT2D eigenvalue weighted by atomic mass is 16.3. The van der Waals surface area contributed by atoms with Gasteiger partial charge < -0.3 is 15.1 Å². The van der Waals surface area contributed by atoms with Gasteiger partial charge in [0, 0.05) is 18.3 Å². The van der Waals surface area contributed by atoms with Crippen molar-refractivity contribution >= 4 is 11.6 Å². The largest absolute Gasteiger partial charge is 0.472 e. The normalized spacial score (nSPS) is 10.7. The second kappa shape index (κ2) is 5.61. The molecule has 0 aliphatic rings. The minimum atomic E-state index is -0.0272. The lowest BCUT2D eigenvalue weighted by molar-refractivity contribution is 0.0689. The van der Waals surface area contributed by atoms with Crippen LogP contribution in [-0.2, 0) is 6.54 Å². The van der Waals surface area contributed by atoms with E-state index >= 15 is 0 Å². The van der Waals surface area contributed by atoms with Crippen molar-refractivity contribution in [3.8, 4) is 0 Å². The quantitative estimate of drug-likeness (QED) is 0.858. The van der Waals surface area contributed by atoms with Gasteiger partial charge in [-0.25, -0.2) is 0 Å². The molecule has 1 aromatic heterocycles. The van der Waals surface area contributed by atoms with E-state index in [0.717, 1.165) is 11.3 Å². The number of hydrogen-bond donors (Lipinski definition) is 1. The number of benzene rings is 1. The van der Waals surface area contributed by atoms with E-state index in [0.29, 0.717) is 12.1 Å². The Balaban J connectivity index is 2.17. The number of hydrogen-bond acceptors (Lipinski definition) is 3. The Morgan fingerprint density at radius 3 is 2.47 bits per heavy atom. The number of anilines is 1. The molecule has 0 saturated carbocycles. The predicted octanol–water partition coefficient (Wildman–Crippen LogP) is 2.91. The molecule has 1 aromatic carbocycles. The average molecular weight is 258 g/mol. The van der Waals surface area contributed by atoms with Crippen molar-refractivity contribution in [1.29, 1.82) is 0 Å². The highest BCUT2D eigenvalue weighted by molar-refractivity contribution is 5.94. The van der Waals surface area contributed by atoms with Crippen molar-refractivity contribution < 1.29 is 9.21 Å². The molecule has 2 aromatic rings. The Morgan fingerprint density at radius 1 is 1.26 bits per heavy atom. The molecule has 0 atom stereocenters. The molecule has 0 fully saturated rings. The number of carbonyl (C=O) groups excluding carboxylic acids is 1. The topological polar surface area (TPSA) is 59.5 Å². The van der Waals surface area contributed by atoms with E-state index < -0.39 is 0 Å². The van der Waals surface area contributed by atoms with Crippen molar-refractivity contribution in [1.82, 2.24) is 4.90 Å². The van der Waals surface area contributed by atoms with Gasteiger partial charge in [-0.05, 0) is 37.6 Å². The molecule has 19 heavy (non-hydrogen) atoms. The zero-order valence-corrected chi connectivity index (χ0v) is 11.2. The molecule has 0 spiro atoms. The first-order valence-electron chi connectivity index (χ1n) is 6.25. The standard InChI is InChI=1S/C15H18N2O2/c1-11(2)17(15(18)13-7-8-19-10-13)9-12-3-5-14(16)6-4-12/h3-8,10-11H,9,16H2,1-2H3. The van der Waals surface area contributed by atoms with Crippen LogP contribution >= 0.6 is 0 Å². The molecule has 2 rings (SSSR count). The molecule has 0 aliphatic heterocycles. The maximum absolute atomic E-state index is 12.4. The minimum absolute atomic E-state index is 0.0272. The Hall–Kier alpha value is -2.23. The summed E-state index contributed by atoms with van der Waals surface area (Å²) in [6.07, 6.45) is 2.98. The third-order valence-electron chi connectivity index (χ3n) is 2.98. The van der Waals surface area contributed by atoms with E-state index in [1.165, 1.54) is 12.5 Å². The summed E-state index contributed by atoms with van der Waals surface area (Å²) in [4.78, 5) is 14.2. The molecule has 1 amide bonds. The molecule has 0 bridgehead atoms. The van der Waals surface area contributed by atoms with Crippen LogP contribution < -0.4 is 5.73 Å². The number of nitrogen functional groups attached to an aromatic ring is 1. The van der Waals surface area contributed by atoms with E-state index in [1.54, 1.807) is 11.0 Å². The van der Waals surface area contributed by atoms with E-state index in [2.05, 4.69) is 0 Å². The van der Waals surface area contributed by atoms with Crippen LogP contribution in [0.15, 0.2) is 47.3 Å². The lowest BCUT2D eigenvalue weighted by Gasteiger charge is -2.26. The lowest BCUT2D eigenvalue weighted by atomic mass is 10.1. The fraction of sp³-hybridized carbons (Fsp3) is 0.267. The van der Waals surface area contributed by atoms with Crippen molar-refractivity contribution in [2.24, 2.45) is 0 Å². The fourth-order valence-corrected chi connectivity index (χ4v) is 1.86. The van der Waals surface area contributed by atoms with Crippen LogP contribution in [0, 0.1) is 0 Å². The van der Waals surface area contributed by atoms with Crippen LogP contribution in [-0.4, -0.2) is 16.8 Å². The summed E-state index contributed by atoms with van der Waals surface area (Å²) in [5, 5.41) is 0. The van der Waals surface area contributed by atoms with Gasteiger partial charge in [0.25, 0.3) is 5.91 Å². The summed E-state index contributed by atoms with van der Waals surface area (Å²) in [7, 11) is 0. The van der Waals surface area contributed by atoms with Crippen LogP contribution in [0.2, 0.25) is 0 Å². The Labute approximate surface area is 112 Å². The highest BCUT2D eigenvalue weighted by Gasteiger charge is 2.19. The van der Waals surface area contributed by atoms with Gasteiger partial charge in [0.1, 0.15) is 6.26 Å². The van der Waals surface area contributed by atoms with Gasteiger partial charge in [-0.3, -0.25) is 4.79 Å². The maximum atomic E-state index is 12.4. The molecule has 0 unspecified atom stereocenters. The Morgan fingerprint density at radius 2 is 1.95 bits per heavy atom. The van der Waals surface area contributed by atoms with E-state index in [4.69, 9.17) is 10.2 Å². The first-order chi connectivity index (χ1) is 9.08. The number of amides is 1. The first-order valence-corrected chi connectivity index (χ1v) is 6.25. The molecule has 4 heteroatoms. The summed E-state index contributed by atoms with van der Waals surface area (Å²) >= 11 is 0. The summed E-state index contributed by atoms with van der Waals surface area (Å²) in [5.74, 6) is -0.0272. The summed E-state index contributed by atoms with van der Waals surface area (Å²) < 4.78 is 4.97. The second-order valence-electron chi connectivity index (χ2n) is 4.78. The SMILES string of the molecule is CC(C)N(Cc1ccc(N)cc1)C(=O)c1ccoc1. The molecule has 0 saturated heterocycles. The summed E-state index contributed by atoms with van der Waals surface area (Å²) in [6, 6.07) is 9.35. The van der Waals surface area contributed by atoms with Crippen LogP contribution in [0.5, 0.6) is 0 Å². The van der Waals surface area contributed by atoms with Crippen LogP contribution in [0.4, 0.5) is 5.69 Å². The molecule has 4 nitrogen and oxygen atoms in total. The molecular weight excluding hydrogens is 240 g/mol. The fourth-order valence-electron chi connectivity index (χ4n) is 1.86. The van der Waals surface area contributed by atoms with Crippen molar-refractivity contribution in [3.63, 3.8) is 0 Å². The third kappa shape index (κ3) is 3.16.